The maximum atomic E-state index is 12.9. The number of nitrogens with two attached hydrogens (primary N) is 1. The zero-order valence-corrected chi connectivity index (χ0v) is 15.5. The van der Waals surface area contributed by atoms with Crippen LogP contribution in [0.2, 0.25) is 0 Å². The molecule has 0 fully saturated rings. The number of benzene rings is 1. The summed E-state index contributed by atoms with van der Waals surface area (Å²) in [5.74, 6) is 0.758. The van der Waals surface area contributed by atoms with Crippen LogP contribution in [0.5, 0.6) is 5.75 Å². The molecule has 1 amide bonds. The van der Waals surface area contributed by atoms with Crippen LogP contribution in [0, 0.1) is 13.8 Å². The van der Waals surface area contributed by atoms with Gasteiger partial charge >= 0.3 is 0 Å². The molecule has 0 bridgehead atoms. The highest BCUT2D eigenvalue weighted by Crippen LogP contribution is 2.26. The Bertz CT molecular complexity index is 740. The molecule has 2 rings (SSSR count). The Hall–Kier alpha value is -2.63. The molecule has 0 aliphatic carbocycles. The van der Waals surface area contributed by atoms with Gasteiger partial charge in [0.15, 0.2) is 0 Å². The van der Waals surface area contributed by atoms with Gasteiger partial charge in [-0.1, -0.05) is 17.7 Å². The van der Waals surface area contributed by atoms with E-state index in [0.29, 0.717) is 35.8 Å². The van der Waals surface area contributed by atoms with Crippen LogP contribution < -0.4 is 10.5 Å². The first kappa shape index (κ1) is 18.7. The molecule has 134 valence electrons. The fourth-order valence-corrected chi connectivity index (χ4v) is 2.72. The van der Waals surface area contributed by atoms with Crippen molar-refractivity contribution in [2.45, 2.75) is 40.7 Å². The van der Waals surface area contributed by atoms with Gasteiger partial charge in [-0.05, 0) is 46.8 Å². The first-order valence-electron chi connectivity index (χ1n) is 8.53. The van der Waals surface area contributed by atoms with Gasteiger partial charge < -0.3 is 15.4 Å². The molecule has 0 saturated heterocycles. The number of nitrogen functional groups attached to an aromatic ring is 1. The molecule has 1 aromatic heterocycles. The summed E-state index contributed by atoms with van der Waals surface area (Å²) in [4.78, 5) is 23.1. The lowest BCUT2D eigenvalue weighted by Crippen LogP contribution is -2.33. The molecule has 0 aliphatic rings. The number of rotatable bonds is 6. The lowest BCUT2D eigenvalue weighted by atomic mass is 10.1. The predicted octanol–water partition coefficient (Wildman–Crippen LogP) is 3.30. The number of amides is 1. The number of nitrogens with zero attached hydrogens (tertiary/aromatic N) is 3. The van der Waals surface area contributed by atoms with Crippen LogP contribution in [0.4, 0.5) is 5.95 Å². The van der Waals surface area contributed by atoms with E-state index in [1.807, 2.05) is 52.0 Å². The zero-order valence-electron chi connectivity index (χ0n) is 15.5. The molecule has 1 aromatic carbocycles. The number of hydrogen-bond acceptors (Lipinski definition) is 5. The second-order valence-electron chi connectivity index (χ2n) is 5.98. The van der Waals surface area contributed by atoms with E-state index >= 15 is 0 Å². The average Bonchev–Trinajstić information content (AvgIpc) is 2.57. The van der Waals surface area contributed by atoms with E-state index in [2.05, 4.69) is 9.97 Å². The number of carbonyl (C=O) groups excluding carboxylic acids is 1. The van der Waals surface area contributed by atoms with E-state index in [0.717, 1.165) is 5.56 Å². The van der Waals surface area contributed by atoms with Gasteiger partial charge in [0, 0.05) is 13.1 Å². The summed E-state index contributed by atoms with van der Waals surface area (Å²) in [6.07, 6.45) is -0.429. The van der Waals surface area contributed by atoms with Crippen LogP contribution in [0.15, 0.2) is 24.3 Å². The highest BCUT2D eigenvalue weighted by atomic mass is 16.5. The highest BCUT2D eigenvalue weighted by molar-refractivity contribution is 5.96. The van der Waals surface area contributed by atoms with Gasteiger partial charge in [-0.3, -0.25) is 4.79 Å². The van der Waals surface area contributed by atoms with Gasteiger partial charge in [0.25, 0.3) is 5.91 Å². The summed E-state index contributed by atoms with van der Waals surface area (Å²) in [5.41, 5.74) is 8.52. The van der Waals surface area contributed by atoms with Gasteiger partial charge in [0.1, 0.15) is 11.9 Å². The Morgan fingerprint density at radius 2 is 1.76 bits per heavy atom. The average molecular weight is 342 g/mol. The van der Waals surface area contributed by atoms with Gasteiger partial charge in [-0.15, -0.1) is 0 Å². The number of anilines is 1. The number of aryl methyl sites for hydroxylation is 2. The molecule has 25 heavy (non-hydrogen) atoms. The van der Waals surface area contributed by atoms with Crippen LogP contribution in [-0.4, -0.2) is 33.9 Å². The summed E-state index contributed by atoms with van der Waals surface area (Å²) >= 11 is 0. The van der Waals surface area contributed by atoms with Crippen molar-refractivity contribution in [3.05, 3.63) is 46.8 Å². The Kier molecular flexibility index (Phi) is 5.96. The predicted molar refractivity (Wildman–Crippen MR) is 98.7 cm³/mol. The van der Waals surface area contributed by atoms with Gasteiger partial charge in [0.2, 0.25) is 5.95 Å². The fourth-order valence-electron chi connectivity index (χ4n) is 2.72. The van der Waals surface area contributed by atoms with Crippen molar-refractivity contribution < 1.29 is 9.53 Å². The van der Waals surface area contributed by atoms with Crippen molar-refractivity contribution in [1.29, 1.82) is 0 Å². The van der Waals surface area contributed by atoms with Crippen LogP contribution in [0.1, 0.15) is 54.2 Å². The first-order valence-corrected chi connectivity index (χ1v) is 8.53. The molecule has 0 aliphatic heterocycles. The monoisotopic (exact) mass is 342 g/mol. The smallest absolute Gasteiger partial charge is 0.257 e. The summed E-state index contributed by atoms with van der Waals surface area (Å²) in [7, 11) is 0. The molecule has 0 saturated carbocycles. The summed E-state index contributed by atoms with van der Waals surface area (Å²) in [6.45, 7) is 10.8. The van der Waals surface area contributed by atoms with Crippen molar-refractivity contribution in [1.82, 2.24) is 14.9 Å². The third-order valence-electron chi connectivity index (χ3n) is 4.12. The Morgan fingerprint density at radius 3 is 2.32 bits per heavy atom. The van der Waals surface area contributed by atoms with E-state index in [-0.39, 0.29) is 11.9 Å². The minimum atomic E-state index is -0.429. The zero-order chi connectivity index (χ0) is 18.6. The minimum absolute atomic E-state index is 0.100. The number of carbonyl (C=O) groups is 1. The second-order valence-corrected chi connectivity index (χ2v) is 5.98. The lowest BCUT2D eigenvalue weighted by Gasteiger charge is -2.23. The van der Waals surface area contributed by atoms with Crippen molar-refractivity contribution in [3.8, 4) is 5.75 Å². The summed E-state index contributed by atoms with van der Waals surface area (Å²) in [5, 5.41) is 0. The van der Waals surface area contributed by atoms with Crippen LogP contribution in [-0.2, 0) is 0 Å². The molecule has 2 N–H and O–H groups in total. The molecular weight excluding hydrogens is 316 g/mol. The van der Waals surface area contributed by atoms with E-state index in [4.69, 9.17) is 10.5 Å². The summed E-state index contributed by atoms with van der Waals surface area (Å²) in [6, 6.07) is 7.75. The van der Waals surface area contributed by atoms with Crippen LogP contribution in [0.25, 0.3) is 0 Å². The van der Waals surface area contributed by atoms with E-state index in [1.54, 1.807) is 11.8 Å². The largest absolute Gasteiger partial charge is 0.484 e. The van der Waals surface area contributed by atoms with Crippen LogP contribution >= 0.6 is 0 Å². The molecule has 1 atom stereocenters. The van der Waals surface area contributed by atoms with Gasteiger partial charge in [0.05, 0.1) is 17.0 Å². The van der Waals surface area contributed by atoms with Crippen LogP contribution in [0.3, 0.4) is 0 Å². The lowest BCUT2D eigenvalue weighted by molar-refractivity contribution is 0.0765. The minimum Gasteiger partial charge on any atom is -0.484 e. The van der Waals surface area contributed by atoms with E-state index in [1.165, 1.54) is 0 Å². The Labute approximate surface area is 149 Å². The number of aromatic nitrogens is 2. The third kappa shape index (κ3) is 4.26. The Balaban J connectivity index is 2.41. The maximum Gasteiger partial charge on any atom is 0.257 e. The Morgan fingerprint density at radius 1 is 1.16 bits per heavy atom. The SMILES string of the molecule is CCN(CC)C(=O)c1c(C)nc(N)nc1C(C)Oc1ccc(C)cc1. The molecule has 1 unspecified atom stereocenters. The molecule has 1 heterocycles. The maximum absolute atomic E-state index is 12.9. The number of ether oxygens (including phenoxy) is 1. The van der Waals surface area contributed by atoms with Crippen molar-refractivity contribution in [3.63, 3.8) is 0 Å². The van der Waals surface area contributed by atoms with Crippen molar-refractivity contribution in [2.75, 3.05) is 18.8 Å². The first-order chi connectivity index (χ1) is 11.9. The van der Waals surface area contributed by atoms with Crippen molar-refractivity contribution in [2.24, 2.45) is 0 Å². The van der Waals surface area contributed by atoms with Crippen molar-refractivity contribution >= 4 is 11.9 Å². The standard InChI is InChI=1S/C19H26N4O2/c1-6-23(7-2)18(24)16-13(4)21-19(20)22-17(16)14(5)25-15-10-8-12(3)9-11-15/h8-11,14H,6-7H2,1-5H3,(H2,20,21,22). The van der Waals surface area contributed by atoms with E-state index in [9.17, 15) is 4.79 Å². The fraction of sp³-hybridized carbons (Fsp3) is 0.421. The quantitative estimate of drug-likeness (QED) is 0.871. The van der Waals surface area contributed by atoms with Gasteiger partial charge in [-0.25, -0.2) is 9.97 Å². The summed E-state index contributed by atoms with van der Waals surface area (Å²) < 4.78 is 5.99. The normalized spacial score (nSPS) is 11.9. The molecule has 6 heteroatoms. The van der Waals surface area contributed by atoms with Gasteiger partial charge in [-0.2, -0.15) is 0 Å². The van der Waals surface area contributed by atoms with E-state index < -0.39 is 6.10 Å². The third-order valence-corrected chi connectivity index (χ3v) is 4.12. The highest BCUT2D eigenvalue weighted by Gasteiger charge is 2.26. The second kappa shape index (κ2) is 7.96. The number of hydrogen-bond donors (Lipinski definition) is 1. The molecule has 2 aromatic rings. The molecular formula is C19H26N4O2. The molecule has 0 spiro atoms. The molecule has 6 nitrogen and oxygen atoms in total. The topological polar surface area (TPSA) is 81.3 Å². The molecule has 0 radical (unpaired) electrons.